The monoisotopic (exact) mass is 927 g/mol. The third-order valence-corrected chi connectivity index (χ3v) is 17.2. The average molecular weight is 927 g/mol. The second-order valence-electron chi connectivity index (χ2n) is 21.7. The first-order chi connectivity index (χ1) is 31.0. The number of unbranched alkanes of at least 4 members (excludes halogenated alkanes) is 6. The largest absolute Gasteiger partial charge is 0.456 e. The zero-order valence-corrected chi connectivity index (χ0v) is 40.2. The Kier molecular flexibility index (Phi) is 15.3. The molecule has 2 spiro atoms. The summed E-state index contributed by atoms with van der Waals surface area (Å²) in [4.78, 5) is 27.8. The van der Waals surface area contributed by atoms with E-state index in [9.17, 15) is 4.79 Å². The quantitative estimate of drug-likeness (QED) is 0.0712. The molecule has 7 heterocycles. The number of fused-ring (bicyclic) bond motifs is 3. The van der Waals surface area contributed by atoms with Crippen LogP contribution in [-0.4, -0.2) is 111 Å². The lowest BCUT2D eigenvalue weighted by Crippen LogP contribution is -2.72. The number of amides is 1. The molecule has 0 aromatic heterocycles. The number of ether oxygens (including phenoxy) is 6. The van der Waals surface area contributed by atoms with Gasteiger partial charge in [0.25, 0.3) is 0 Å². The number of alkyl halides is 3. The third-order valence-electron chi connectivity index (χ3n) is 17.2. The minimum Gasteiger partial charge on any atom is -0.456 e. The van der Waals surface area contributed by atoms with Crippen molar-refractivity contribution in [2.75, 3.05) is 52.4 Å². The van der Waals surface area contributed by atoms with E-state index in [0.29, 0.717) is 51.3 Å². The molecule has 7 aliphatic heterocycles. The molecule has 16 heteroatoms. The van der Waals surface area contributed by atoms with Crippen LogP contribution in [0.5, 0.6) is 0 Å². The van der Waals surface area contributed by atoms with Gasteiger partial charge >= 0.3 is 6.18 Å². The zero-order valence-electron chi connectivity index (χ0n) is 40.2. The van der Waals surface area contributed by atoms with Crippen LogP contribution in [0.4, 0.5) is 13.2 Å². The van der Waals surface area contributed by atoms with E-state index in [-0.39, 0.29) is 54.2 Å². The lowest BCUT2D eigenvalue weighted by molar-refractivity contribution is -0.585. The lowest BCUT2D eigenvalue weighted by Gasteiger charge is -2.62. The van der Waals surface area contributed by atoms with E-state index in [1.807, 2.05) is 25.7 Å². The molecular formula is C49H81F3N4O9. The molecule has 1 amide bonds. The third kappa shape index (κ3) is 9.93. The molecule has 2 unspecified atom stereocenters. The molecular weight excluding hydrogens is 846 g/mol. The predicted octanol–water partition coefficient (Wildman–Crippen LogP) is 8.21. The van der Waals surface area contributed by atoms with E-state index in [4.69, 9.17) is 43.9 Å². The molecule has 9 rings (SSSR count). The first kappa shape index (κ1) is 49.8. The Morgan fingerprint density at radius 2 is 1.43 bits per heavy atom. The molecule has 13 nitrogen and oxygen atoms in total. The van der Waals surface area contributed by atoms with Crippen LogP contribution in [0.2, 0.25) is 0 Å². The number of nitrogens with one attached hydrogen (secondary N) is 2. The van der Waals surface area contributed by atoms with Gasteiger partial charge in [-0.2, -0.15) is 13.2 Å². The van der Waals surface area contributed by atoms with Gasteiger partial charge in [-0.05, 0) is 147 Å². The van der Waals surface area contributed by atoms with Gasteiger partial charge in [0.15, 0.2) is 23.5 Å². The number of carbonyl (C=O) groups excluding carboxylic acids is 1. The van der Waals surface area contributed by atoms with Crippen molar-refractivity contribution < 1.29 is 56.2 Å². The second-order valence-corrected chi connectivity index (χ2v) is 21.7. The number of hydrogen-bond donors (Lipinski definition) is 3. The fourth-order valence-corrected chi connectivity index (χ4v) is 13.5. The van der Waals surface area contributed by atoms with Crippen LogP contribution in [-0.2, 0) is 43.0 Å². The van der Waals surface area contributed by atoms with E-state index >= 15 is 13.2 Å². The van der Waals surface area contributed by atoms with E-state index in [1.54, 1.807) is 0 Å². The number of halogens is 3. The summed E-state index contributed by atoms with van der Waals surface area (Å²) < 4.78 is 84.5. The number of nitrogens with zero attached hydrogens (tertiary/aromatic N) is 1. The summed E-state index contributed by atoms with van der Waals surface area (Å²) in [5.41, 5.74) is 4.05. The minimum absolute atomic E-state index is 0.000464. The molecule has 0 radical (unpaired) electrons. The van der Waals surface area contributed by atoms with Gasteiger partial charge in [0.2, 0.25) is 23.7 Å². The van der Waals surface area contributed by atoms with E-state index in [0.717, 1.165) is 77.4 Å². The van der Waals surface area contributed by atoms with Crippen LogP contribution in [0, 0.1) is 41.4 Å². The highest BCUT2D eigenvalue weighted by molar-refractivity contribution is 5.78. The van der Waals surface area contributed by atoms with Crippen molar-refractivity contribution in [1.29, 1.82) is 0 Å². The maximum Gasteiger partial charge on any atom is 0.449 e. The van der Waals surface area contributed by atoms with Crippen molar-refractivity contribution >= 4 is 5.91 Å². The summed E-state index contributed by atoms with van der Waals surface area (Å²) in [6, 6.07) is 0. The Balaban J connectivity index is 0.916. The summed E-state index contributed by atoms with van der Waals surface area (Å²) in [5.74, 6) is -3.61. The first-order valence-electron chi connectivity index (χ1n) is 25.6. The van der Waals surface area contributed by atoms with Gasteiger partial charge in [-0.25, -0.2) is 9.78 Å². The van der Waals surface area contributed by atoms with Crippen LogP contribution in [0.15, 0.2) is 11.3 Å². The minimum atomic E-state index is -4.74. The van der Waals surface area contributed by atoms with E-state index in [2.05, 4.69) is 31.4 Å². The molecule has 14 atom stereocenters. The molecule has 0 aromatic carbocycles. The van der Waals surface area contributed by atoms with Crippen molar-refractivity contribution in [3.8, 4) is 0 Å². The molecule has 8 fully saturated rings. The van der Waals surface area contributed by atoms with Crippen LogP contribution >= 0.6 is 0 Å². The fourth-order valence-electron chi connectivity index (χ4n) is 13.5. The predicted molar refractivity (Wildman–Crippen MR) is 236 cm³/mol. The molecule has 2 aliphatic carbocycles. The lowest BCUT2D eigenvalue weighted by atomic mass is 9.57. The van der Waals surface area contributed by atoms with E-state index < -0.39 is 59.0 Å². The Hall–Kier alpha value is -1.60. The first-order valence-corrected chi connectivity index (χ1v) is 25.6. The van der Waals surface area contributed by atoms with Gasteiger partial charge in [0.1, 0.15) is 5.60 Å². The zero-order chi connectivity index (χ0) is 46.3. The van der Waals surface area contributed by atoms with E-state index in [1.165, 1.54) is 25.7 Å². The SMILES string of the molecule is C[C@@H]1CC[C@H]2C(CN(CCCCO[C@@]3(C)O[C@@H]4O[C@]5(C)CCC6[C@H](C)CC[C@@H]([C@H]3C)[C@]64OO5)CC(=O)NCCCNCCCCCCCCN)=C(C(F)(F)F)O[C@@H]3O[C@]4(C)CCC1[C@]32O4. The molecule has 6 saturated heterocycles. The molecule has 2 saturated carbocycles. The van der Waals surface area contributed by atoms with Gasteiger partial charge in [-0.3, -0.25) is 9.69 Å². The summed E-state index contributed by atoms with van der Waals surface area (Å²) in [6.07, 6.45) is 8.83. The fraction of sp³-hybridized carbons (Fsp3) is 0.939. The molecule has 65 heavy (non-hydrogen) atoms. The Bertz CT molecular complexity index is 1680. The smallest absolute Gasteiger partial charge is 0.449 e. The maximum absolute atomic E-state index is 15.2. The number of rotatable bonds is 22. The van der Waals surface area contributed by atoms with Crippen molar-refractivity contribution in [2.24, 2.45) is 47.2 Å². The van der Waals surface area contributed by atoms with Crippen LogP contribution < -0.4 is 16.4 Å². The molecule has 372 valence electrons. The van der Waals surface area contributed by atoms with Gasteiger partial charge in [-0.15, -0.1) is 0 Å². The topological polar surface area (TPSA) is 144 Å². The number of allylic oxidation sites excluding steroid dienone is 1. The summed E-state index contributed by atoms with van der Waals surface area (Å²) in [6.45, 7) is 15.9. The Morgan fingerprint density at radius 3 is 2.18 bits per heavy atom. The Labute approximate surface area is 385 Å². The van der Waals surface area contributed by atoms with Crippen molar-refractivity contribution in [2.45, 2.75) is 198 Å². The van der Waals surface area contributed by atoms with Gasteiger partial charge in [-0.1, -0.05) is 46.5 Å². The summed E-state index contributed by atoms with van der Waals surface area (Å²) >= 11 is 0. The summed E-state index contributed by atoms with van der Waals surface area (Å²) in [7, 11) is 0. The summed E-state index contributed by atoms with van der Waals surface area (Å²) in [5, 5.41) is 6.52. The van der Waals surface area contributed by atoms with Gasteiger partial charge < -0.3 is 44.8 Å². The number of nitrogens with two attached hydrogens (primary N) is 1. The second kappa shape index (κ2) is 20.0. The van der Waals surface area contributed by atoms with Crippen molar-refractivity contribution in [3.05, 3.63) is 11.3 Å². The maximum atomic E-state index is 15.2. The van der Waals surface area contributed by atoms with Gasteiger partial charge in [0, 0.05) is 43.7 Å². The molecule has 4 N–H and O–H groups in total. The highest BCUT2D eigenvalue weighted by Crippen LogP contribution is 2.65. The van der Waals surface area contributed by atoms with Crippen LogP contribution in [0.25, 0.3) is 0 Å². The van der Waals surface area contributed by atoms with Crippen molar-refractivity contribution in [3.63, 3.8) is 0 Å². The molecule has 0 aromatic rings. The number of carbonyl (C=O) groups is 1. The van der Waals surface area contributed by atoms with Gasteiger partial charge in [0.05, 0.1) is 13.2 Å². The van der Waals surface area contributed by atoms with Crippen LogP contribution in [0.3, 0.4) is 0 Å². The Morgan fingerprint density at radius 1 is 0.754 bits per heavy atom. The average Bonchev–Trinajstić information content (AvgIpc) is 3.31. The van der Waals surface area contributed by atoms with Crippen LogP contribution in [0.1, 0.15) is 151 Å². The van der Waals surface area contributed by atoms with Crippen molar-refractivity contribution in [1.82, 2.24) is 15.5 Å². The standard InChI is InChI=1S/C49H81F3N4O9/c1-32-17-19-39-35(41(49(50,51)52)59-42-47(39)36(32)20-22-44(4,60-42)63-47)30-56(31-40(57)55-27-15-26-54-25-12-10-8-7-9-11-24-53)28-13-14-29-58-46(6)34(3)38-18-16-33(2)37-21-23-45(5)61-43(62-46)48(37,38)65-64-45/h32-34,36-39,42-43,54H,7-31,53H2,1-6H3,(H,55,57)/t32-,33-,34-,36?,37?,38+,39+,42-,43+,44+,45+,46+,47-,48-/m1/s1. The normalized spacial score (nSPS) is 41.8. The number of hydrogen-bond acceptors (Lipinski definition) is 12. The molecule has 4 bridgehead atoms. The highest BCUT2D eigenvalue weighted by atomic mass is 19.4. The highest BCUT2D eigenvalue weighted by Gasteiger charge is 2.73. The molecule has 9 aliphatic rings.